The first-order chi connectivity index (χ1) is 7.58. The summed E-state index contributed by atoms with van der Waals surface area (Å²) in [5, 5.41) is 10.2. The molecule has 0 radical (unpaired) electrons. The Hall–Kier alpha value is -1.33. The number of aromatic nitrogens is 2. The maximum Gasteiger partial charge on any atom is 0.141 e. The van der Waals surface area contributed by atoms with E-state index in [9.17, 15) is 9.50 Å². The van der Waals surface area contributed by atoms with Crippen LogP contribution in [0.3, 0.4) is 0 Å². The van der Waals surface area contributed by atoms with Gasteiger partial charge in [-0.3, -0.25) is 9.97 Å². The highest BCUT2D eigenvalue weighted by Gasteiger charge is 2.25. The highest BCUT2D eigenvalue weighted by Crippen LogP contribution is 2.25. The summed E-state index contributed by atoms with van der Waals surface area (Å²) in [5.41, 5.74) is 1.08. The van der Waals surface area contributed by atoms with Gasteiger partial charge >= 0.3 is 0 Å². The van der Waals surface area contributed by atoms with Gasteiger partial charge in [0, 0.05) is 17.5 Å². The van der Waals surface area contributed by atoms with E-state index in [4.69, 9.17) is 0 Å². The minimum atomic E-state index is -1.10. The van der Waals surface area contributed by atoms with Gasteiger partial charge in [-0.15, -0.1) is 11.3 Å². The Labute approximate surface area is 96.6 Å². The van der Waals surface area contributed by atoms with E-state index < -0.39 is 11.4 Å². The number of aliphatic hydroxyl groups is 1. The molecule has 0 aliphatic carbocycles. The largest absolute Gasteiger partial charge is 0.383 e. The van der Waals surface area contributed by atoms with Gasteiger partial charge in [-0.25, -0.2) is 4.39 Å². The zero-order valence-corrected chi connectivity index (χ0v) is 9.54. The standard InChI is InChI=1S/C11H11FN2OS/c1-11(15,4-9-6-13-7-16-9)10-3-2-8(12)5-14-10/h2-3,5-7,15H,4H2,1H3. The topological polar surface area (TPSA) is 46.0 Å². The Bertz CT molecular complexity index is 453. The van der Waals surface area contributed by atoms with Gasteiger partial charge in [0.05, 0.1) is 17.4 Å². The van der Waals surface area contributed by atoms with Crippen LogP contribution in [0, 0.1) is 5.82 Å². The van der Waals surface area contributed by atoms with Crippen LogP contribution in [0.4, 0.5) is 4.39 Å². The van der Waals surface area contributed by atoms with Crippen LogP contribution >= 0.6 is 11.3 Å². The summed E-state index contributed by atoms with van der Waals surface area (Å²) in [5.74, 6) is -0.405. The molecule has 0 amide bonds. The Kier molecular flexibility index (Phi) is 2.98. The normalized spacial score (nSPS) is 14.7. The lowest BCUT2D eigenvalue weighted by Crippen LogP contribution is -2.25. The lowest BCUT2D eigenvalue weighted by molar-refractivity contribution is 0.0537. The molecule has 0 saturated heterocycles. The summed E-state index contributed by atoms with van der Waals surface area (Å²) < 4.78 is 12.7. The van der Waals surface area contributed by atoms with E-state index in [1.54, 1.807) is 18.6 Å². The van der Waals surface area contributed by atoms with Gasteiger partial charge in [-0.1, -0.05) is 0 Å². The Morgan fingerprint density at radius 3 is 2.81 bits per heavy atom. The first-order valence-corrected chi connectivity index (χ1v) is 5.68. The van der Waals surface area contributed by atoms with E-state index in [0.717, 1.165) is 11.1 Å². The second-order valence-corrected chi connectivity index (χ2v) is 4.75. The molecule has 2 heterocycles. The maximum absolute atomic E-state index is 12.7. The van der Waals surface area contributed by atoms with Crippen molar-refractivity contribution in [3.05, 3.63) is 46.4 Å². The average Bonchev–Trinajstić information content (AvgIpc) is 2.70. The van der Waals surface area contributed by atoms with Crippen LogP contribution in [-0.4, -0.2) is 15.1 Å². The van der Waals surface area contributed by atoms with Crippen molar-refractivity contribution in [1.29, 1.82) is 0 Å². The van der Waals surface area contributed by atoms with E-state index in [1.165, 1.54) is 23.5 Å². The van der Waals surface area contributed by atoms with Crippen LogP contribution in [0.25, 0.3) is 0 Å². The van der Waals surface area contributed by atoms with Crippen LogP contribution in [-0.2, 0) is 12.0 Å². The van der Waals surface area contributed by atoms with Crippen molar-refractivity contribution in [3.63, 3.8) is 0 Å². The fraction of sp³-hybridized carbons (Fsp3) is 0.273. The second-order valence-electron chi connectivity index (χ2n) is 3.78. The third kappa shape index (κ3) is 2.43. The van der Waals surface area contributed by atoms with Gasteiger partial charge in [-0.2, -0.15) is 0 Å². The number of halogens is 1. The molecule has 1 unspecified atom stereocenters. The third-order valence-electron chi connectivity index (χ3n) is 2.28. The molecule has 0 fully saturated rings. The minimum Gasteiger partial charge on any atom is -0.383 e. The fourth-order valence-electron chi connectivity index (χ4n) is 1.45. The lowest BCUT2D eigenvalue weighted by atomic mass is 9.97. The lowest BCUT2D eigenvalue weighted by Gasteiger charge is -2.21. The molecule has 0 bridgehead atoms. The highest BCUT2D eigenvalue weighted by atomic mass is 32.1. The summed E-state index contributed by atoms with van der Waals surface area (Å²) in [6, 6.07) is 2.79. The molecule has 1 atom stereocenters. The molecule has 0 spiro atoms. The number of hydrogen-bond donors (Lipinski definition) is 1. The van der Waals surface area contributed by atoms with Gasteiger partial charge in [0.15, 0.2) is 0 Å². The van der Waals surface area contributed by atoms with Gasteiger partial charge in [0.25, 0.3) is 0 Å². The third-order valence-corrected chi connectivity index (χ3v) is 3.06. The summed E-state index contributed by atoms with van der Waals surface area (Å²) in [6.45, 7) is 1.66. The summed E-state index contributed by atoms with van der Waals surface area (Å²) >= 11 is 1.47. The number of thiazole rings is 1. The molecule has 0 aliphatic heterocycles. The van der Waals surface area contributed by atoms with Crippen molar-refractivity contribution in [3.8, 4) is 0 Å². The molecule has 0 aliphatic rings. The van der Waals surface area contributed by atoms with Crippen LogP contribution in [0.5, 0.6) is 0 Å². The quantitative estimate of drug-likeness (QED) is 0.891. The van der Waals surface area contributed by atoms with E-state index in [-0.39, 0.29) is 0 Å². The number of rotatable bonds is 3. The molecule has 3 nitrogen and oxygen atoms in total. The van der Waals surface area contributed by atoms with Crippen LogP contribution in [0.15, 0.2) is 30.0 Å². The van der Waals surface area contributed by atoms with Crippen LogP contribution in [0.1, 0.15) is 17.5 Å². The molecular formula is C11H11FN2OS. The second kappa shape index (κ2) is 4.27. The number of nitrogens with zero attached hydrogens (tertiary/aromatic N) is 2. The Morgan fingerprint density at radius 1 is 1.44 bits per heavy atom. The Balaban J connectivity index is 2.21. The molecule has 0 saturated carbocycles. The monoisotopic (exact) mass is 238 g/mol. The van der Waals surface area contributed by atoms with E-state index in [2.05, 4.69) is 9.97 Å². The molecule has 16 heavy (non-hydrogen) atoms. The molecule has 0 aromatic carbocycles. The molecule has 1 N–H and O–H groups in total. The SMILES string of the molecule is CC(O)(Cc1cncs1)c1ccc(F)cn1. The molecular weight excluding hydrogens is 227 g/mol. The molecule has 84 valence electrons. The summed E-state index contributed by atoms with van der Waals surface area (Å²) in [4.78, 5) is 8.80. The van der Waals surface area contributed by atoms with Crippen molar-refractivity contribution in [1.82, 2.24) is 9.97 Å². The number of hydrogen-bond acceptors (Lipinski definition) is 4. The van der Waals surface area contributed by atoms with Gasteiger partial charge in [0.1, 0.15) is 11.4 Å². The zero-order chi connectivity index (χ0) is 11.6. The first kappa shape index (κ1) is 11.2. The zero-order valence-electron chi connectivity index (χ0n) is 8.72. The van der Waals surface area contributed by atoms with Crippen molar-refractivity contribution < 1.29 is 9.50 Å². The first-order valence-electron chi connectivity index (χ1n) is 4.80. The van der Waals surface area contributed by atoms with Gasteiger partial charge < -0.3 is 5.11 Å². The van der Waals surface area contributed by atoms with E-state index in [0.29, 0.717) is 12.1 Å². The Morgan fingerprint density at radius 2 is 2.25 bits per heavy atom. The van der Waals surface area contributed by atoms with Gasteiger partial charge in [0.2, 0.25) is 0 Å². The summed E-state index contributed by atoms with van der Waals surface area (Å²) in [7, 11) is 0. The maximum atomic E-state index is 12.7. The van der Waals surface area contributed by atoms with E-state index in [1.807, 2.05) is 0 Å². The van der Waals surface area contributed by atoms with Crippen LogP contribution < -0.4 is 0 Å². The van der Waals surface area contributed by atoms with Crippen LogP contribution in [0.2, 0.25) is 0 Å². The molecule has 2 rings (SSSR count). The van der Waals surface area contributed by atoms with Crippen molar-refractivity contribution in [2.75, 3.05) is 0 Å². The van der Waals surface area contributed by atoms with Crippen molar-refractivity contribution >= 4 is 11.3 Å². The average molecular weight is 238 g/mol. The molecule has 5 heteroatoms. The fourth-order valence-corrected chi connectivity index (χ4v) is 2.20. The highest BCUT2D eigenvalue weighted by molar-refractivity contribution is 7.09. The predicted molar refractivity (Wildman–Crippen MR) is 59.6 cm³/mol. The summed E-state index contributed by atoms with van der Waals surface area (Å²) in [6.07, 6.45) is 3.25. The smallest absolute Gasteiger partial charge is 0.141 e. The van der Waals surface area contributed by atoms with Crippen molar-refractivity contribution in [2.45, 2.75) is 18.9 Å². The van der Waals surface area contributed by atoms with Crippen molar-refractivity contribution in [2.24, 2.45) is 0 Å². The minimum absolute atomic E-state index is 0.405. The number of pyridine rings is 1. The molecule has 2 aromatic rings. The predicted octanol–water partition coefficient (Wildman–Crippen LogP) is 2.13. The van der Waals surface area contributed by atoms with E-state index >= 15 is 0 Å². The van der Waals surface area contributed by atoms with Gasteiger partial charge in [-0.05, 0) is 19.1 Å². The molecule has 2 aromatic heterocycles.